The Labute approximate surface area is 120 Å². The molecule has 1 unspecified atom stereocenters. The Morgan fingerprint density at radius 3 is 2.37 bits per heavy atom. The predicted octanol–water partition coefficient (Wildman–Crippen LogP) is 0.897. The molecule has 0 aliphatic heterocycles. The Hall–Kier alpha value is -0.640. The molecule has 1 amide bonds. The van der Waals surface area contributed by atoms with Crippen molar-refractivity contribution in [3.05, 3.63) is 17.0 Å². The van der Waals surface area contributed by atoms with Gasteiger partial charge >= 0.3 is 0 Å². The maximum atomic E-state index is 11.4. The zero-order valence-corrected chi connectivity index (χ0v) is 13.3. The van der Waals surface area contributed by atoms with Crippen molar-refractivity contribution < 1.29 is 21.6 Å². The van der Waals surface area contributed by atoms with Gasteiger partial charge in [-0.15, -0.1) is 11.3 Å². The molecule has 0 aliphatic carbocycles. The third kappa shape index (κ3) is 5.47. The smallest absolute Gasteiger partial charge is 0.270 e. The molecule has 0 saturated carbocycles. The molecule has 1 N–H and O–H groups in total. The summed E-state index contributed by atoms with van der Waals surface area (Å²) in [6, 6.07) is 2.36. The molecule has 1 rings (SSSR count). The molecule has 0 aromatic carbocycles. The molecule has 0 spiro atoms. The van der Waals surface area contributed by atoms with Crippen LogP contribution in [0.2, 0.25) is 0 Å². The van der Waals surface area contributed by atoms with E-state index in [0.29, 0.717) is 4.88 Å². The number of hydrogen-bond donors (Lipinski definition) is 1. The molecule has 0 saturated heterocycles. The van der Waals surface area contributed by atoms with Gasteiger partial charge in [0.1, 0.15) is 9.96 Å². The van der Waals surface area contributed by atoms with E-state index in [1.54, 1.807) is 6.92 Å². The molecule has 0 aliphatic rings. The molecular formula is C9H12ClNO5S3. The van der Waals surface area contributed by atoms with Gasteiger partial charge < -0.3 is 5.32 Å². The van der Waals surface area contributed by atoms with Crippen molar-refractivity contribution in [2.45, 2.75) is 17.2 Å². The second kappa shape index (κ2) is 5.78. The summed E-state index contributed by atoms with van der Waals surface area (Å²) < 4.78 is 44.0. The van der Waals surface area contributed by atoms with Gasteiger partial charge in [0.15, 0.2) is 9.84 Å². The number of halogens is 1. The molecule has 108 valence electrons. The Morgan fingerprint density at radius 2 is 1.95 bits per heavy atom. The SMILES string of the molecule is CC(NC(=O)CS(C)(=O)=O)c1ccc(S(=O)(=O)Cl)s1. The van der Waals surface area contributed by atoms with Gasteiger partial charge in [0.05, 0.1) is 6.04 Å². The fourth-order valence-electron chi connectivity index (χ4n) is 1.29. The van der Waals surface area contributed by atoms with E-state index in [1.807, 2.05) is 0 Å². The number of thiophene rings is 1. The van der Waals surface area contributed by atoms with Crippen molar-refractivity contribution >= 4 is 46.8 Å². The summed E-state index contributed by atoms with van der Waals surface area (Å²) in [5.74, 6) is -1.25. The van der Waals surface area contributed by atoms with Gasteiger partial charge in [-0.2, -0.15) is 0 Å². The minimum atomic E-state index is -3.79. The van der Waals surface area contributed by atoms with Crippen LogP contribution in [-0.4, -0.2) is 34.8 Å². The lowest BCUT2D eigenvalue weighted by atomic mass is 10.3. The Kier molecular flexibility index (Phi) is 4.99. The summed E-state index contributed by atoms with van der Waals surface area (Å²) >= 11 is 0.924. The zero-order chi connectivity index (χ0) is 14.8. The maximum absolute atomic E-state index is 11.4. The molecule has 0 bridgehead atoms. The van der Waals surface area contributed by atoms with Crippen LogP contribution in [0.25, 0.3) is 0 Å². The number of carbonyl (C=O) groups excluding carboxylic acids is 1. The largest absolute Gasteiger partial charge is 0.348 e. The van der Waals surface area contributed by atoms with Crippen LogP contribution >= 0.6 is 22.0 Å². The molecule has 1 heterocycles. The fourth-order valence-corrected chi connectivity index (χ4v) is 3.95. The first-order valence-electron chi connectivity index (χ1n) is 5.00. The number of nitrogens with one attached hydrogen (secondary N) is 1. The lowest BCUT2D eigenvalue weighted by molar-refractivity contribution is -0.119. The van der Waals surface area contributed by atoms with Crippen LogP contribution in [0.5, 0.6) is 0 Å². The minimum absolute atomic E-state index is 0.0200. The van der Waals surface area contributed by atoms with Crippen LogP contribution in [0, 0.1) is 0 Å². The van der Waals surface area contributed by atoms with Crippen molar-refractivity contribution in [3.8, 4) is 0 Å². The number of rotatable bonds is 5. The van der Waals surface area contributed by atoms with Crippen molar-refractivity contribution in [1.82, 2.24) is 5.32 Å². The highest BCUT2D eigenvalue weighted by Gasteiger charge is 2.18. The normalized spacial score (nSPS) is 14.1. The van der Waals surface area contributed by atoms with Crippen molar-refractivity contribution in [1.29, 1.82) is 0 Å². The van der Waals surface area contributed by atoms with Crippen LogP contribution in [0.15, 0.2) is 16.3 Å². The van der Waals surface area contributed by atoms with Gasteiger partial charge in [-0.1, -0.05) is 0 Å². The molecule has 1 aromatic heterocycles. The highest BCUT2D eigenvalue weighted by atomic mass is 35.7. The second-order valence-electron chi connectivity index (χ2n) is 3.95. The van der Waals surface area contributed by atoms with Gasteiger partial charge in [-0.05, 0) is 19.1 Å². The average molecular weight is 346 g/mol. The lowest BCUT2D eigenvalue weighted by Crippen LogP contribution is -2.31. The first-order chi connectivity index (χ1) is 8.49. The Bertz CT molecular complexity index is 676. The maximum Gasteiger partial charge on any atom is 0.270 e. The Morgan fingerprint density at radius 1 is 1.37 bits per heavy atom. The molecular weight excluding hydrogens is 334 g/mol. The first-order valence-corrected chi connectivity index (χ1v) is 10.2. The molecule has 1 atom stereocenters. The van der Waals surface area contributed by atoms with Gasteiger partial charge in [0, 0.05) is 21.8 Å². The van der Waals surface area contributed by atoms with Gasteiger partial charge in [0.2, 0.25) is 5.91 Å². The van der Waals surface area contributed by atoms with E-state index < -0.39 is 36.6 Å². The highest BCUT2D eigenvalue weighted by Crippen LogP contribution is 2.28. The third-order valence-electron chi connectivity index (χ3n) is 2.04. The second-order valence-corrected chi connectivity index (χ2v) is 10.0. The molecule has 10 heteroatoms. The van der Waals surface area contributed by atoms with E-state index >= 15 is 0 Å². The van der Waals surface area contributed by atoms with Crippen molar-refractivity contribution in [2.24, 2.45) is 0 Å². The van der Waals surface area contributed by atoms with Crippen LogP contribution < -0.4 is 5.32 Å². The summed E-state index contributed by atoms with van der Waals surface area (Å²) in [5, 5.41) is 2.47. The minimum Gasteiger partial charge on any atom is -0.348 e. The van der Waals surface area contributed by atoms with Crippen LogP contribution in [0.3, 0.4) is 0 Å². The summed E-state index contributed by atoms with van der Waals surface area (Å²) in [6.07, 6.45) is 0.959. The van der Waals surface area contributed by atoms with E-state index in [0.717, 1.165) is 17.6 Å². The molecule has 19 heavy (non-hydrogen) atoms. The average Bonchev–Trinajstić information content (AvgIpc) is 2.61. The van der Waals surface area contributed by atoms with Crippen LogP contribution in [0.4, 0.5) is 0 Å². The summed E-state index contributed by atoms with van der Waals surface area (Å²) in [7, 11) is -2.00. The number of carbonyl (C=O) groups is 1. The monoisotopic (exact) mass is 345 g/mol. The number of sulfone groups is 1. The van der Waals surface area contributed by atoms with Gasteiger partial charge in [-0.3, -0.25) is 4.79 Å². The highest BCUT2D eigenvalue weighted by molar-refractivity contribution is 8.15. The van der Waals surface area contributed by atoms with Crippen LogP contribution in [-0.2, 0) is 23.7 Å². The fraction of sp³-hybridized carbons (Fsp3) is 0.444. The number of hydrogen-bond acceptors (Lipinski definition) is 6. The molecule has 1 aromatic rings. The lowest BCUT2D eigenvalue weighted by Gasteiger charge is -2.11. The third-order valence-corrected chi connectivity index (χ3v) is 6.19. The standard InChI is InChI=1S/C9H12ClNO5S3/c1-6(11-8(12)5-18(2,13)14)7-3-4-9(17-7)19(10,15)16/h3-4,6H,5H2,1-2H3,(H,11,12). The molecule has 0 fully saturated rings. The van der Waals surface area contributed by atoms with Crippen molar-refractivity contribution in [3.63, 3.8) is 0 Å². The van der Waals surface area contributed by atoms with Crippen molar-refractivity contribution in [2.75, 3.05) is 12.0 Å². The van der Waals surface area contributed by atoms with Gasteiger partial charge in [-0.25, -0.2) is 16.8 Å². The van der Waals surface area contributed by atoms with E-state index in [9.17, 15) is 21.6 Å². The van der Waals surface area contributed by atoms with E-state index in [4.69, 9.17) is 10.7 Å². The Balaban J connectivity index is 2.77. The van der Waals surface area contributed by atoms with E-state index in [1.165, 1.54) is 12.1 Å². The zero-order valence-electron chi connectivity index (χ0n) is 10.1. The first kappa shape index (κ1) is 16.4. The quantitative estimate of drug-likeness (QED) is 0.799. The molecule has 6 nitrogen and oxygen atoms in total. The number of amides is 1. The summed E-state index contributed by atoms with van der Waals surface area (Å²) in [5.41, 5.74) is 0. The molecule has 0 radical (unpaired) electrons. The van der Waals surface area contributed by atoms with Crippen LogP contribution in [0.1, 0.15) is 17.8 Å². The predicted molar refractivity (Wildman–Crippen MR) is 73.6 cm³/mol. The topological polar surface area (TPSA) is 97.4 Å². The van der Waals surface area contributed by atoms with E-state index in [-0.39, 0.29) is 4.21 Å². The van der Waals surface area contributed by atoms with Gasteiger partial charge in [0.25, 0.3) is 9.05 Å². The van der Waals surface area contributed by atoms with E-state index in [2.05, 4.69) is 5.32 Å². The summed E-state index contributed by atoms with van der Waals surface area (Å²) in [6.45, 7) is 1.62. The summed E-state index contributed by atoms with van der Waals surface area (Å²) in [4.78, 5) is 12.0.